The first-order chi connectivity index (χ1) is 27.7. The van der Waals surface area contributed by atoms with E-state index in [4.69, 9.17) is 9.68 Å². The van der Waals surface area contributed by atoms with Crippen LogP contribution in [0, 0.1) is 0 Å². The summed E-state index contributed by atoms with van der Waals surface area (Å²) >= 11 is 3.68. The third kappa shape index (κ3) is 8.13. The van der Waals surface area contributed by atoms with Gasteiger partial charge in [0, 0.05) is 4.47 Å². The van der Waals surface area contributed by atoms with E-state index in [2.05, 4.69) is 180 Å². The van der Waals surface area contributed by atoms with Gasteiger partial charge in [-0.15, -0.1) is 0 Å². The van der Waals surface area contributed by atoms with E-state index in [0.29, 0.717) is 13.4 Å². The molecule has 0 bridgehead atoms. The molecule has 0 aliphatic carbocycles. The molecule has 10 aromatic carbocycles. The normalized spacial score (nSPS) is 10.7. The Balaban J connectivity index is 0.000000126. The predicted octanol–water partition coefficient (Wildman–Crippen LogP) is 14.3. The highest BCUT2D eigenvalue weighted by Gasteiger charge is 2.10. The zero-order valence-corrected chi connectivity index (χ0v) is 32.2. The van der Waals surface area contributed by atoms with Crippen LogP contribution in [-0.2, 0) is 0 Å². The summed E-state index contributed by atoms with van der Waals surface area (Å²) in [5, 5.41) is 18.7. The molecule has 10 aromatic rings. The second-order valence-corrected chi connectivity index (χ2v) is 14.2. The minimum absolute atomic E-state index is 0.622. The fourth-order valence-corrected chi connectivity index (χ4v) is 7.88. The van der Waals surface area contributed by atoms with Crippen molar-refractivity contribution in [2.45, 2.75) is 0 Å². The van der Waals surface area contributed by atoms with Crippen LogP contribution in [0.4, 0.5) is 0 Å². The lowest BCUT2D eigenvalue weighted by molar-refractivity contribution is 0.454. The SMILES string of the molecule is Brc1c2ccccc2cc2ccccc12.O[B]Oc1ccc(-c2ccccc2)cc1.c1ccc(-c2ccc(-c3c4ccccc4cc4ccccc34)cc2)cc1. The van der Waals surface area contributed by atoms with Gasteiger partial charge in [-0.3, -0.25) is 0 Å². The molecule has 0 amide bonds. The summed E-state index contributed by atoms with van der Waals surface area (Å²) in [4.78, 5) is 0. The third-order valence-electron chi connectivity index (χ3n) is 9.91. The fourth-order valence-electron chi connectivity index (χ4n) is 7.16. The Kier molecular flexibility index (Phi) is 11.3. The Bertz CT molecular complexity index is 2750. The number of hydrogen-bond acceptors (Lipinski definition) is 2. The van der Waals surface area contributed by atoms with E-state index in [-0.39, 0.29) is 0 Å². The summed E-state index contributed by atoms with van der Waals surface area (Å²) in [6.07, 6.45) is 0. The molecule has 0 aliphatic rings. The lowest BCUT2D eigenvalue weighted by atomic mass is 9.91. The number of rotatable bonds is 5. The van der Waals surface area contributed by atoms with Crippen molar-refractivity contribution in [1.82, 2.24) is 0 Å². The Morgan fingerprint density at radius 3 is 1.09 bits per heavy atom. The molecular formula is C52H37BBrO2. The summed E-state index contributed by atoms with van der Waals surface area (Å²) in [5.41, 5.74) is 7.37. The van der Waals surface area contributed by atoms with Crippen LogP contribution in [0.5, 0.6) is 5.75 Å². The average Bonchev–Trinajstić information content (AvgIpc) is 3.27. The van der Waals surface area contributed by atoms with Crippen LogP contribution in [0.2, 0.25) is 0 Å². The number of halogens is 1. The van der Waals surface area contributed by atoms with Gasteiger partial charge in [-0.1, -0.05) is 194 Å². The van der Waals surface area contributed by atoms with Crippen molar-refractivity contribution in [3.63, 3.8) is 0 Å². The molecule has 1 N–H and O–H groups in total. The highest BCUT2D eigenvalue weighted by atomic mass is 79.9. The molecule has 0 spiro atoms. The van der Waals surface area contributed by atoms with Crippen LogP contribution in [0.1, 0.15) is 0 Å². The average molecular weight is 785 g/mol. The van der Waals surface area contributed by atoms with E-state index >= 15 is 0 Å². The lowest BCUT2D eigenvalue weighted by Gasteiger charge is -2.12. The monoisotopic (exact) mass is 783 g/mol. The molecule has 0 fully saturated rings. The Hall–Kier alpha value is -6.46. The first-order valence-corrected chi connectivity index (χ1v) is 19.4. The summed E-state index contributed by atoms with van der Waals surface area (Å²) in [7, 11) is 0.678. The molecule has 0 heterocycles. The molecule has 0 unspecified atom stereocenters. The largest absolute Gasteiger partial charge is 0.569 e. The van der Waals surface area contributed by atoms with E-state index in [9.17, 15) is 0 Å². The van der Waals surface area contributed by atoms with Gasteiger partial charge in [0.1, 0.15) is 5.75 Å². The molecular weight excluding hydrogens is 747 g/mol. The van der Waals surface area contributed by atoms with Crippen molar-refractivity contribution in [2.24, 2.45) is 0 Å². The molecule has 0 aromatic heterocycles. The van der Waals surface area contributed by atoms with Crippen LogP contribution in [0.25, 0.3) is 76.5 Å². The first kappa shape index (κ1) is 36.5. The molecule has 56 heavy (non-hydrogen) atoms. The van der Waals surface area contributed by atoms with Crippen LogP contribution in [0.15, 0.2) is 223 Å². The maximum atomic E-state index is 8.46. The van der Waals surface area contributed by atoms with Gasteiger partial charge in [-0.25, -0.2) is 0 Å². The topological polar surface area (TPSA) is 29.5 Å². The molecule has 0 saturated carbocycles. The van der Waals surface area contributed by atoms with E-state index in [0.717, 1.165) is 11.1 Å². The first-order valence-electron chi connectivity index (χ1n) is 18.6. The molecule has 2 nitrogen and oxygen atoms in total. The second kappa shape index (κ2) is 17.3. The summed E-state index contributed by atoms with van der Waals surface area (Å²) in [6.45, 7) is 0. The predicted molar refractivity (Wildman–Crippen MR) is 242 cm³/mol. The van der Waals surface area contributed by atoms with Crippen molar-refractivity contribution < 1.29 is 9.68 Å². The highest BCUT2D eigenvalue weighted by Crippen LogP contribution is 2.37. The minimum atomic E-state index is 0.622. The summed E-state index contributed by atoms with van der Waals surface area (Å²) in [5.74, 6) is 0.622. The number of hydrogen-bond donors (Lipinski definition) is 1. The van der Waals surface area contributed by atoms with Crippen LogP contribution < -0.4 is 4.65 Å². The van der Waals surface area contributed by atoms with Gasteiger partial charge in [-0.2, -0.15) is 0 Å². The van der Waals surface area contributed by atoms with Crippen LogP contribution in [0.3, 0.4) is 0 Å². The van der Waals surface area contributed by atoms with Gasteiger partial charge in [0.2, 0.25) is 0 Å². The third-order valence-corrected chi connectivity index (χ3v) is 10.8. The Labute approximate surface area is 336 Å². The molecule has 4 heteroatoms. The highest BCUT2D eigenvalue weighted by molar-refractivity contribution is 9.10. The number of fused-ring (bicyclic) bond motifs is 4. The zero-order valence-electron chi connectivity index (χ0n) is 30.6. The van der Waals surface area contributed by atoms with E-state index in [1.165, 1.54) is 69.8 Å². The van der Waals surface area contributed by atoms with E-state index < -0.39 is 0 Å². The van der Waals surface area contributed by atoms with Crippen molar-refractivity contribution in [2.75, 3.05) is 0 Å². The Morgan fingerprint density at radius 2 is 0.661 bits per heavy atom. The van der Waals surface area contributed by atoms with Crippen molar-refractivity contribution in [1.29, 1.82) is 0 Å². The van der Waals surface area contributed by atoms with Gasteiger partial charge in [0.15, 0.2) is 0 Å². The standard InChI is InChI=1S/C26H18.C14H9Br.C12H10BO2/c1-2-8-19(9-3-1)20-14-16-21(17-15-20)26-24-12-6-4-10-22(24)18-23-11-5-7-13-25(23)26;15-14-12-7-3-1-5-10(12)9-11-6-2-4-8-13(11)14;14-13-15-12-8-6-11(7-9-12)10-4-2-1-3-5-10/h1-18H;1-9H;1-9,14H. The molecule has 1 radical (unpaired) electrons. The summed E-state index contributed by atoms with van der Waals surface area (Å²) in [6, 6.07) is 75.8. The van der Waals surface area contributed by atoms with Crippen LogP contribution in [-0.4, -0.2) is 12.7 Å². The number of benzene rings is 10. The zero-order chi connectivity index (χ0) is 38.1. The molecule has 10 rings (SSSR count). The maximum absolute atomic E-state index is 8.46. The fraction of sp³-hybridized carbons (Fsp3) is 0. The summed E-state index contributed by atoms with van der Waals surface area (Å²) < 4.78 is 6.02. The van der Waals surface area contributed by atoms with Crippen molar-refractivity contribution >= 4 is 66.7 Å². The van der Waals surface area contributed by atoms with Gasteiger partial charge >= 0.3 is 7.69 Å². The van der Waals surface area contributed by atoms with Crippen LogP contribution >= 0.6 is 15.9 Å². The van der Waals surface area contributed by atoms with Crippen molar-refractivity contribution in [3.8, 4) is 39.1 Å². The quantitative estimate of drug-likeness (QED) is 0.139. The van der Waals surface area contributed by atoms with Crippen molar-refractivity contribution in [3.05, 3.63) is 223 Å². The molecule has 267 valence electrons. The Morgan fingerprint density at radius 1 is 0.339 bits per heavy atom. The van der Waals surface area contributed by atoms with E-state index in [1.807, 2.05) is 54.6 Å². The van der Waals surface area contributed by atoms with Gasteiger partial charge in [-0.05, 0) is 117 Å². The van der Waals surface area contributed by atoms with Gasteiger partial charge < -0.3 is 9.68 Å². The maximum Gasteiger partial charge on any atom is 0.569 e. The minimum Gasteiger partial charge on any atom is -0.537 e. The van der Waals surface area contributed by atoms with Gasteiger partial charge in [0.05, 0.1) is 0 Å². The molecule has 0 aliphatic heterocycles. The smallest absolute Gasteiger partial charge is 0.537 e. The van der Waals surface area contributed by atoms with Gasteiger partial charge in [0.25, 0.3) is 0 Å². The molecule has 0 atom stereocenters. The van der Waals surface area contributed by atoms with E-state index in [1.54, 1.807) is 0 Å². The lowest BCUT2D eigenvalue weighted by Crippen LogP contribution is -1.99. The second-order valence-electron chi connectivity index (χ2n) is 13.4. The molecule has 0 saturated heterocycles.